The molecule has 1 aliphatic heterocycles. The Balaban J connectivity index is 1.20. The second-order valence-electron chi connectivity index (χ2n) is 7.35. The van der Waals surface area contributed by atoms with E-state index >= 15 is 0 Å². The van der Waals surface area contributed by atoms with Gasteiger partial charge in [0.2, 0.25) is 11.0 Å². The van der Waals surface area contributed by atoms with Crippen LogP contribution in [-0.2, 0) is 4.79 Å². The van der Waals surface area contributed by atoms with Crippen LogP contribution in [0, 0.1) is 5.92 Å². The fourth-order valence-corrected chi connectivity index (χ4v) is 4.82. The fourth-order valence-electron chi connectivity index (χ4n) is 3.60. The molecule has 0 saturated carbocycles. The van der Waals surface area contributed by atoms with Crippen LogP contribution >= 0.6 is 22.7 Å². The van der Waals surface area contributed by atoms with Gasteiger partial charge in [-0.15, -0.1) is 21.5 Å². The largest absolute Gasteiger partial charge is 0.337 e. The van der Waals surface area contributed by atoms with Crippen LogP contribution in [0.2, 0.25) is 0 Å². The van der Waals surface area contributed by atoms with Gasteiger partial charge in [0, 0.05) is 36.1 Å². The number of carbonyl (C=O) groups is 2. The average molecular weight is 466 g/mol. The number of hydrogen-bond donors (Lipinski definition) is 1. The third-order valence-electron chi connectivity index (χ3n) is 5.32. The number of anilines is 1. The molecule has 9 nitrogen and oxygen atoms in total. The van der Waals surface area contributed by atoms with Crippen LogP contribution in [0.1, 0.15) is 23.3 Å². The van der Waals surface area contributed by atoms with Crippen LogP contribution < -0.4 is 5.32 Å². The van der Waals surface area contributed by atoms with E-state index in [0.29, 0.717) is 36.8 Å². The number of aromatic nitrogens is 5. The van der Waals surface area contributed by atoms with Crippen molar-refractivity contribution in [1.82, 2.24) is 29.9 Å². The van der Waals surface area contributed by atoms with Crippen LogP contribution in [-0.4, -0.2) is 54.8 Å². The van der Waals surface area contributed by atoms with Gasteiger partial charge >= 0.3 is 0 Å². The van der Waals surface area contributed by atoms with E-state index in [4.69, 9.17) is 0 Å². The summed E-state index contributed by atoms with van der Waals surface area (Å²) in [4.78, 5) is 31.6. The molecule has 4 aromatic rings. The number of carbonyl (C=O) groups excluding carboxylic acids is 2. The summed E-state index contributed by atoms with van der Waals surface area (Å²) < 4.78 is 1.79. The van der Waals surface area contributed by atoms with Crippen LogP contribution in [0.5, 0.6) is 0 Å². The number of piperidine rings is 1. The molecule has 0 radical (unpaired) electrons. The van der Waals surface area contributed by atoms with E-state index in [1.165, 1.54) is 22.7 Å². The molecule has 1 saturated heterocycles. The summed E-state index contributed by atoms with van der Waals surface area (Å²) in [6, 6.07) is 9.83. The zero-order valence-electron chi connectivity index (χ0n) is 16.9. The molecule has 4 heterocycles. The number of nitrogens with one attached hydrogen (secondary N) is 1. The number of hydrogen-bond acceptors (Lipinski definition) is 8. The van der Waals surface area contributed by atoms with E-state index in [9.17, 15) is 9.59 Å². The second-order valence-corrected chi connectivity index (χ2v) is 9.04. The van der Waals surface area contributed by atoms with Crippen LogP contribution in [0.3, 0.4) is 0 Å². The zero-order valence-corrected chi connectivity index (χ0v) is 18.6. The number of nitrogens with zero attached hydrogens (tertiary/aromatic N) is 6. The van der Waals surface area contributed by atoms with E-state index in [0.717, 1.165) is 16.3 Å². The van der Waals surface area contributed by atoms with Crippen molar-refractivity contribution >= 4 is 39.6 Å². The van der Waals surface area contributed by atoms with E-state index in [-0.39, 0.29) is 17.7 Å². The quantitative estimate of drug-likeness (QED) is 0.485. The van der Waals surface area contributed by atoms with Gasteiger partial charge in [0.05, 0.1) is 11.9 Å². The predicted octanol–water partition coefficient (Wildman–Crippen LogP) is 3.34. The highest BCUT2D eigenvalue weighted by atomic mass is 32.1. The van der Waals surface area contributed by atoms with Crippen LogP contribution in [0.4, 0.5) is 5.13 Å². The molecule has 0 atom stereocenters. The Morgan fingerprint density at radius 1 is 1.09 bits per heavy atom. The summed E-state index contributed by atoms with van der Waals surface area (Å²) in [5.41, 5.74) is 3.83. The number of thiazole rings is 1. The number of rotatable bonds is 5. The maximum absolute atomic E-state index is 12.9. The monoisotopic (exact) mass is 465 g/mol. The minimum atomic E-state index is -0.141. The first-order chi connectivity index (χ1) is 15.7. The van der Waals surface area contributed by atoms with Crippen molar-refractivity contribution in [3.8, 4) is 16.3 Å². The molecule has 0 spiro atoms. The molecule has 3 aromatic heterocycles. The summed E-state index contributed by atoms with van der Waals surface area (Å²) in [5.74, 6) is -0.316. The number of benzene rings is 1. The van der Waals surface area contributed by atoms with Gasteiger partial charge in [-0.1, -0.05) is 29.5 Å². The lowest BCUT2D eigenvalue weighted by Gasteiger charge is -2.30. The van der Waals surface area contributed by atoms with Gasteiger partial charge < -0.3 is 10.2 Å². The summed E-state index contributed by atoms with van der Waals surface area (Å²) >= 11 is 2.71. The first kappa shape index (κ1) is 20.5. The maximum Gasteiger partial charge on any atom is 0.273 e. The van der Waals surface area contributed by atoms with E-state index < -0.39 is 0 Å². The first-order valence-electron chi connectivity index (χ1n) is 10.1. The van der Waals surface area contributed by atoms with Crippen LogP contribution in [0.15, 0.2) is 53.6 Å². The molecular formula is C21H19N7O2S2. The Morgan fingerprint density at radius 3 is 2.66 bits per heavy atom. The predicted molar refractivity (Wildman–Crippen MR) is 122 cm³/mol. The number of likely N-dealkylation sites (tertiary alicyclic amines) is 1. The standard InChI is InChI=1S/C21H19N7O2S2/c29-18(25-21-26-22-13-32-21)14-6-8-27(9-7-14)20(30)17-12-31-19(24-17)15-10-23-28(11-15)16-4-2-1-3-5-16/h1-5,10-14H,6-9H2,(H,25,26,29). The molecule has 5 rings (SSSR count). The van der Waals surface area contributed by atoms with Crippen molar-refractivity contribution in [3.05, 3.63) is 59.3 Å². The molecular weight excluding hydrogens is 446 g/mol. The smallest absolute Gasteiger partial charge is 0.273 e. The average Bonchev–Trinajstić information content (AvgIpc) is 3.61. The van der Waals surface area contributed by atoms with Crippen molar-refractivity contribution in [2.45, 2.75) is 12.8 Å². The maximum atomic E-state index is 12.9. The Bertz CT molecular complexity index is 1210. The van der Waals surface area contributed by atoms with E-state index in [1.807, 2.05) is 36.5 Å². The fraction of sp³-hybridized carbons (Fsp3) is 0.238. The lowest BCUT2D eigenvalue weighted by molar-refractivity contribution is -0.121. The molecule has 0 aliphatic carbocycles. The minimum Gasteiger partial charge on any atom is -0.337 e. The minimum absolute atomic E-state index is 0.0692. The Morgan fingerprint density at radius 2 is 1.91 bits per heavy atom. The molecule has 1 fully saturated rings. The van der Waals surface area contributed by atoms with Gasteiger partial charge in [-0.2, -0.15) is 5.10 Å². The van der Waals surface area contributed by atoms with Crippen molar-refractivity contribution in [1.29, 1.82) is 0 Å². The first-order valence-corrected chi connectivity index (χ1v) is 11.9. The topological polar surface area (TPSA) is 106 Å². The molecule has 2 amide bonds. The zero-order chi connectivity index (χ0) is 21.9. The van der Waals surface area contributed by atoms with Crippen molar-refractivity contribution in [3.63, 3.8) is 0 Å². The molecule has 1 aromatic carbocycles. The van der Waals surface area contributed by atoms with Crippen molar-refractivity contribution in [2.75, 3.05) is 18.4 Å². The SMILES string of the molecule is O=C(Nc1nncs1)C1CCN(C(=O)c2csc(-c3cnn(-c4ccccc4)c3)n2)CC1. The summed E-state index contributed by atoms with van der Waals surface area (Å²) in [7, 11) is 0. The van der Waals surface area contributed by atoms with Crippen molar-refractivity contribution in [2.24, 2.45) is 5.92 Å². The lowest BCUT2D eigenvalue weighted by Crippen LogP contribution is -2.41. The van der Waals surface area contributed by atoms with Gasteiger partial charge in [-0.25, -0.2) is 9.67 Å². The highest BCUT2D eigenvalue weighted by molar-refractivity contribution is 7.13. The summed E-state index contributed by atoms with van der Waals surface area (Å²) in [5, 5.41) is 17.8. The van der Waals surface area contributed by atoms with Crippen LogP contribution in [0.25, 0.3) is 16.3 Å². The van der Waals surface area contributed by atoms with Crippen molar-refractivity contribution < 1.29 is 9.59 Å². The van der Waals surface area contributed by atoms with Gasteiger partial charge in [-0.05, 0) is 25.0 Å². The highest BCUT2D eigenvalue weighted by Crippen LogP contribution is 2.26. The van der Waals surface area contributed by atoms with Gasteiger partial charge in [0.15, 0.2) is 0 Å². The lowest BCUT2D eigenvalue weighted by atomic mass is 9.96. The number of para-hydroxylation sites is 1. The summed E-state index contributed by atoms with van der Waals surface area (Å²) in [6.07, 6.45) is 4.88. The molecule has 0 bridgehead atoms. The number of amides is 2. The third-order valence-corrected chi connectivity index (χ3v) is 6.81. The molecule has 32 heavy (non-hydrogen) atoms. The molecule has 162 valence electrons. The van der Waals surface area contributed by atoms with E-state index in [1.54, 1.807) is 26.7 Å². The normalized spacial score (nSPS) is 14.4. The third kappa shape index (κ3) is 4.30. The Kier molecular flexibility index (Phi) is 5.73. The van der Waals surface area contributed by atoms with E-state index in [2.05, 4.69) is 25.6 Å². The molecule has 0 unspecified atom stereocenters. The van der Waals surface area contributed by atoms with Gasteiger partial charge in [-0.3, -0.25) is 9.59 Å². The Hall–Kier alpha value is -3.44. The second kappa shape index (κ2) is 8.97. The summed E-state index contributed by atoms with van der Waals surface area (Å²) in [6.45, 7) is 1.04. The highest BCUT2D eigenvalue weighted by Gasteiger charge is 2.29. The molecule has 11 heteroatoms. The Labute approximate surface area is 191 Å². The van der Waals surface area contributed by atoms with Gasteiger partial charge in [0.25, 0.3) is 5.91 Å². The van der Waals surface area contributed by atoms with Gasteiger partial charge in [0.1, 0.15) is 16.2 Å². The molecule has 1 aliphatic rings. The molecule has 1 N–H and O–H groups in total.